The van der Waals surface area contributed by atoms with Crippen molar-refractivity contribution < 1.29 is 19.1 Å². The van der Waals surface area contributed by atoms with Gasteiger partial charge in [-0.1, -0.05) is 42.1 Å². The molecule has 8 heteroatoms. The second kappa shape index (κ2) is 9.27. The van der Waals surface area contributed by atoms with Gasteiger partial charge in [-0.05, 0) is 36.2 Å². The van der Waals surface area contributed by atoms with Crippen LogP contribution >= 0.6 is 11.8 Å². The fourth-order valence-electron chi connectivity index (χ4n) is 2.81. The van der Waals surface area contributed by atoms with Crippen LogP contribution in [0.25, 0.3) is 0 Å². The van der Waals surface area contributed by atoms with Crippen LogP contribution in [0.15, 0.2) is 54.6 Å². The van der Waals surface area contributed by atoms with Crippen LogP contribution in [-0.4, -0.2) is 42.6 Å². The molecule has 1 atom stereocenters. The molecule has 1 aliphatic rings. The Balaban J connectivity index is 1.53. The van der Waals surface area contributed by atoms with Gasteiger partial charge in [0.05, 0.1) is 11.8 Å². The molecule has 1 unspecified atom stereocenters. The van der Waals surface area contributed by atoms with E-state index in [0.717, 1.165) is 23.0 Å². The van der Waals surface area contributed by atoms with Gasteiger partial charge in [-0.2, -0.15) is 0 Å². The van der Waals surface area contributed by atoms with Crippen molar-refractivity contribution in [3.8, 4) is 5.75 Å². The van der Waals surface area contributed by atoms with E-state index in [-0.39, 0.29) is 22.4 Å². The first kappa shape index (κ1) is 19.8. The maximum atomic E-state index is 12.1. The lowest BCUT2D eigenvalue weighted by Gasteiger charge is -2.22. The minimum absolute atomic E-state index is 0.202. The van der Waals surface area contributed by atoms with E-state index in [2.05, 4.69) is 10.6 Å². The zero-order chi connectivity index (χ0) is 19.9. The maximum Gasteiger partial charge on any atom is 0.321 e. The fraction of sp³-hybridized carbons (Fsp3) is 0.250. The lowest BCUT2D eigenvalue weighted by molar-refractivity contribution is -0.118. The van der Waals surface area contributed by atoms with E-state index in [0.29, 0.717) is 25.3 Å². The quantitative estimate of drug-likeness (QED) is 0.748. The van der Waals surface area contributed by atoms with Gasteiger partial charge in [0.25, 0.3) is 5.24 Å². The maximum absolute atomic E-state index is 12.1. The average Bonchev–Trinajstić information content (AvgIpc) is 3.03. The first-order chi connectivity index (χ1) is 13.6. The number of nitrogens with one attached hydrogen (secondary N) is 2. The second-order valence-electron chi connectivity index (χ2n) is 6.12. The van der Waals surface area contributed by atoms with E-state index >= 15 is 0 Å². The molecule has 7 nitrogen and oxygen atoms in total. The lowest BCUT2D eigenvalue weighted by Crippen LogP contribution is -2.40. The van der Waals surface area contributed by atoms with Crippen LogP contribution in [0.4, 0.5) is 15.3 Å². The minimum atomic E-state index is -0.383. The molecule has 2 N–H and O–H groups in total. The number of ether oxygens (including phenoxy) is 1. The molecule has 3 rings (SSSR count). The Morgan fingerprint density at radius 3 is 2.46 bits per heavy atom. The fourth-order valence-corrected chi connectivity index (χ4v) is 3.67. The largest absolute Gasteiger partial charge is 0.492 e. The number of para-hydroxylation sites is 1. The molecular formula is C20H21N3O4S. The highest BCUT2D eigenvalue weighted by Crippen LogP contribution is 2.24. The molecule has 1 fully saturated rings. The van der Waals surface area contributed by atoms with E-state index in [1.54, 1.807) is 11.9 Å². The summed E-state index contributed by atoms with van der Waals surface area (Å²) in [5.74, 6) is 0.429. The third kappa shape index (κ3) is 5.04. The molecule has 1 aliphatic heterocycles. The van der Waals surface area contributed by atoms with Crippen LogP contribution in [-0.2, 0) is 11.2 Å². The normalized spacial score (nSPS) is 15.8. The van der Waals surface area contributed by atoms with Crippen molar-refractivity contribution in [1.82, 2.24) is 10.6 Å². The van der Waals surface area contributed by atoms with Crippen LogP contribution < -0.4 is 20.3 Å². The first-order valence-electron chi connectivity index (χ1n) is 8.84. The summed E-state index contributed by atoms with van der Waals surface area (Å²) in [7, 11) is 1.59. The Morgan fingerprint density at radius 1 is 1.14 bits per heavy atom. The van der Waals surface area contributed by atoms with E-state index in [1.165, 1.54) is 0 Å². The number of imide groups is 1. The van der Waals surface area contributed by atoms with E-state index < -0.39 is 0 Å². The van der Waals surface area contributed by atoms with Gasteiger partial charge in [0.1, 0.15) is 12.4 Å². The highest BCUT2D eigenvalue weighted by Gasteiger charge is 2.31. The van der Waals surface area contributed by atoms with Crippen molar-refractivity contribution >= 4 is 34.6 Å². The summed E-state index contributed by atoms with van der Waals surface area (Å²) in [5.41, 5.74) is 1.74. The van der Waals surface area contributed by atoms with Gasteiger partial charge in [0, 0.05) is 12.7 Å². The Kier molecular flexibility index (Phi) is 6.54. The second-order valence-corrected chi connectivity index (χ2v) is 7.30. The average molecular weight is 399 g/mol. The zero-order valence-electron chi connectivity index (χ0n) is 15.4. The first-order valence-corrected chi connectivity index (χ1v) is 9.72. The number of benzene rings is 2. The Labute approximate surface area is 167 Å². The lowest BCUT2D eigenvalue weighted by atomic mass is 10.1. The topological polar surface area (TPSA) is 87.7 Å². The molecule has 2 aromatic rings. The molecule has 0 aromatic heterocycles. The molecule has 0 radical (unpaired) electrons. The van der Waals surface area contributed by atoms with Gasteiger partial charge in [-0.25, -0.2) is 4.79 Å². The summed E-state index contributed by atoms with van der Waals surface area (Å²) in [4.78, 5) is 36.6. The Hall–Kier alpha value is -3.00. The number of thioether (sulfide) groups is 1. The molecule has 28 heavy (non-hydrogen) atoms. The van der Waals surface area contributed by atoms with Crippen molar-refractivity contribution in [2.45, 2.75) is 11.7 Å². The number of hydrogen-bond acceptors (Lipinski definition) is 5. The standard InChI is InChI=1S/C20H21N3O4S/c1-21-19(25)23(15-5-3-2-4-6-15)11-12-27-16-9-7-14(8-10-16)13-17-18(24)22-20(26)28-17/h2-10,17H,11-13H2,1H3,(H,21,25)(H,22,24,26). The van der Waals surface area contributed by atoms with Crippen LogP contribution in [0.2, 0.25) is 0 Å². The van der Waals surface area contributed by atoms with Gasteiger partial charge in [0.2, 0.25) is 5.91 Å². The van der Waals surface area contributed by atoms with Crippen LogP contribution in [0.5, 0.6) is 5.75 Å². The van der Waals surface area contributed by atoms with Gasteiger partial charge in [-0.3, -0.25) is 19.8 Å². The number of urea groups is 1. The van der Waals surface area contributed by atoms with E-state index in [9.17, 15) is 14.4 Å². The predicted molar refractivity (Wildman–Crippen MR) is 109 cm³/mol. The van der Waals surface area contributed by atoms with Gasteiger partial charge in [0.15, 0.2) is 0 Å². The third-order valence-electron chi connectivity index (χ3n) is 4.22. The number of carbonyl (C=O) groups is 3. The number of rotatable bonds is 7. The van der Waals surface area contributed by atoms with Crippen molar-refractivity contribution in [2.24, 2.45) is 0 Å². The SMILES string of the molecule is CNC(=O)N(CCOc1ccc(CC2SC(=O)NC2=O)cc1)c1ccccc1. The molecule has 146 valence electrons. The number of carbonyl (C=O) groups excluding carboxylic acids is 3. The summed E-state index contributed by atoms with van der Waals surface area (Å²) >= 11 is 1.02. The molecule has 4 amide bonds. The predicted octanol–water partition coefficient (Wildman–Crippen LogP) is 2.81. The van der Waals surface area contributed by atoms with E-state index in [1.807, 2.05) is 54.6 Å². The molecule has 0 spiro atoms. The van der Waals surface area contributed by atoms with Crippen molar-refractivity contribution in [3.05, 3.63) is 60.2 Å². The van der Waals surface area contributed by atoms with Crippen LogP contribution in [0.3, 0.4) is 0 Å². The van der Waals surface area contributed by atoms with E-state index in [4.69, 9.17) is 4.74 Å². The summed E-state index contributed by atoms with van der Waals surface area (Å²) in [5, 5.41) is 4.24. The molecule has 2 aromatic carbocycles. The monoisotopic (exact) mass is 399 g/mol. The minimum Gasteiger partial charge on any atom is -0.492 e. The number of nitrogens with zero attached hydrogens (tertiary/aromatic N) is 1. The molecular weight excluding hydrogens is 378 g/mol. The van der Waals surface area contributed by atoms with Crippen molar-refractivity contribution in [2.75, 3.05) is 25.1 Å². The zero-order valence-corrected chi connectivity index (χ0v) is 16.2. The Morgan fingerprint density at radius 2 is 1.86 bits per heavy atom. The third-order valence-corrected chi connectivity index (χ3v) is 5.20. The molecule has 0 saturated carbocycles. The number of amides is 4. The van der Waals surface area contributed by atoms with Gasteiger partial charge in [-0.15, -0.1) is 0 Å². The molecule has 1 heterocycles. The number of hydrogen-bond donors (Lipinski definition) is 2. The summed E-state index contributed by atoms with van der Waals surface area (Å²) in [6, 6.07) is 16.6. The van der Waals surface area contributed by atoms with Crippen molar-refractivity contribution in [3.63, 3.8) is 0 Å². The molecule has 0 bridgehead atoms. The summed E-state index contributed by atoms with van der Waals surface area (Å²) in [6.07, 6.45) is 0.487. The smallest absolute Gasteiger partial charge is 0.321 e. The highest BCUT2D eigenvalue weighted by atomic mass is 32.2. The van der Waals surface area contributed by atoms with Gasteiger partial charge >= 0.3 is 6.03 Å². The van der Waals surface area contributed by atoms with Gasteiger partial charge < -0.3 is 10.1 Å². The molecule has 0 aliphatic carbocycles. The van der Waals surface area contributed by atoms with Crippen LogP contribution in [0.1, 0.15) is 5.56 Å². The molecule has 1 saturated heterocycles. The highest BCUT2D eigenvalue weighted by molar-refractivity contribution is 8.15. The number of anilines is 1. The van der Waals surface area contributed by atoms with Crippen molar-refractivity contribution in [1.29, 1.82) is 0 Å². The summed E-state index contributed by atoms with van der Waals surface area (Å²) < 4.78 is 5.76. The van der Waals surface area contributed by atoms with Crippen LogP contribution in [0, 0.1) is 0 Å². The summed E-state index contributed by atoms with van der Waals surface area (Å²) in [6.45, 7) is 0.726. The Bertz CT molecular complexity index is 842.